The highest BCUT2D eigenvalue weighted by molar-refractivity contribution is 5.57. The zero-order valence-electron chi connectivity index (χ0n) is 13.5. The first-order chi connectivity index (χ1) is 10.9. The van der Waals surface area contributed by atoms with Crippen LogP contribution in [0.5, 0.6) is 5.75 Å². The smallest absolute Gasteiger partial charge is 0.126 e. The largest absolute Gasteiger partial charge is 0.496 e. The lowest BCUT2D eigenvalue weighted by Crippen LogP contribution is -2.49. The van der Waals surface area contributed by atoms with Gasteiger partial charge in [0.15, 0.2) is 0 Å². The van der Waals surface area contributed by atoms with Gasteiger partial charge in [-0.3, -0.25) is 9.80 Å². The monoisotopic (exact) mass is 301 g/mol. The van der Waals surface area contributed by atoms with E-state index in [1.165, 1.54) is 32.6 Å². The van der Waals surface area contributed by atoms with Gasteiger partial charge in [0, 0.05) is 57.4 Å². The number of ether oxygens (including phenoxy) is 1. The van der Waals surface area contributed by atoms with E-state index < -0.39 is 0 Å². The van der Waals surface area contributed by atoms with Crippen molar-refractivity contribution in [2.45, 2.75) is 12.5 Å². The van der Waals surface area contributed by atoms with Crippen molar-refractivity contribution in [3.63, 3.8) is 0 Å². The topological polar surface area (TPSA) is 27.7 Å². The van der Waals surface area contributed by atoms with Crippen molar-refractivity contribution in [1.82, 2.24) is 15.1 Å². The minimum atomic E-state index is 0.752. The van der Waals surface area contributed by atoms with E-state index in [0.29, 0.717) is 0 Å². The average molecular weight is 301 g/mol. The van der Waals surface area contributed by atoms with Gasteiger partial charge in [0.2, 0.25) is 0 Å². The van der Waals surface area contributed by atoms with E-state index in [1.807, 2.05) is 12.1 Å². The predicted molar refractivity (Wildman–Crippen MR) is 91.3 cm³/mol. The van der Waals surface area contributed by atoms with Crippen LogP contribution >= 0.6 is 0 Å². The van der Waals surface area contributed by atoms with E-state index in [-0.39, 0.29) is 0 Å². The van der Waals surface area contributed by atoms with Crippen LogP contribution in [0.3, 0.4) is 0 Å². The van der Waals surface area contributed by atoms with Gasteiger partial charge in [-0.1, -0.05) is 30.4 Å². The minimum absolute atomic E-state index is 0.752. The average Bonchev–Trinajstić information content (AvgIpc) is 3.05. The summed E-state index contributed by atoms with van der Waals surface area (Å²) >= 11 is 0. The molecular weight excluding hydrogens is 274 g/mol. The van der Waals surface area contributed by atoms with Crippen molar-refractivity contribution in [3.05, 3.63) is 35.9 Å². The third-order valence-electron chi connectivity index (χ3n) is 4.72. The summed E-state index contributed by atoms with van der Waals surface area (Å²) in [6.45, 7) is 8.14. The molecule has 0 amide bonds. The molecule has 4 nitrogen and oxygen atoms in total. The Morgan fingerprint density at radius 2 is 2.05 bits per heavy atom. The van der Waals surface area contributed by atoms with Crippen molar-refractivity contribution in [1.29, 1.82) is 0 Å². The first kappa shape index (κ1) is 15.5. The summed E-state index contributed by atoms with van der Waals surface area (Å²) in [5, 5.41) is 3.43. The third kappa shape index (κ3) is 3.88. The van der Waals surface area contributed by atoms with Crippen LogP contribution < -0.4 is 10.1 Å². The molecular formula is C18H27N3O. The number of hydrogen-bond donors (Lipinski definition) is 1. The highest BCUT2D eigenvalue weighted by atomic mass is 16.5. The summed E-state index contributed by atoms with van der Waals surface area (Å²) in [6, 6.07) is 8.92. The molecule has 0 aliphatic carbocycles. The molecule has 1 unspecified atom stereocenters. The standard InChI is InChI=1S/C18H27N3O/c1-22-18-7-3-2-5-16(18)6-4-11-20-12-8-17(15-20)21-13-9-19-10-14-21/h2-7,17,19H,8-15H2,1H3/b6-4+. The van der Waals surface area contributed by atoms with Crippen LogP contribution in [0.25, 0.3) is 6.08 Å². The number of methoxy groups -OCH3 is 1. The van der Waals surface area contributed by atoms with Crippen LogP contribution in [0.4, 0.5) is 0 Å². The molecule has 120 valence electrons. The van der Waals surface area contributed by atoms with E-state index in [0.717, 1.165) is 37.0 Å². The summed E-state index contributed by atoms with van der Waals surface area (Å²) in [7, 11) is 1.73. The van der Waals surface area contributed by atoms with E-state index >= 15 is 0 Å². The number of hydrogen-bond acceptors (Lipinski definition) is 4. The van der Waals surface area contributed by atoms with Gasteiger partial charge in [-0.15, -0.1) is 0 Å². The summed E-state index contributed by atoms with van der Waals surface area (Å²) in [4.78, 5) is 5.21. The van der Waals surface area contributed by atoms with Gasteiger partial charge in [-0.25, -0.2) is 0 Å². The second-order valence-electron chi connectivity index (χ2n) is 6.13. The maximum absolute atomic E-state index is 5.39. The molecule has 1 N–H and O–H groups in total. The second-order valence-corrected chi connectivity index (χ2v) is 6.13. The fourth-order valence-electron chi connectivity index (χ4n) is 3.46. The molecule has 0 bridgehead atoms. The van der Waals surface area contributed by atoms with Crippen molar-refractivity contribution in [2.24, 2.45) is 0 Å². The molecule has 1 aromatic rings. The molecule has 2 aliphatic rings. The molecule has 1 atom stereocenters. The van der Waals surface area contributed by atoms with Crippen LogP contribution in [0.1, 0.15) is 12.0 Å². The number of nitrogens with zero attached hydrogens (tertiary/aromatic N) is 2. The number of likely N-dealkylation sites (tertiary alicyclic amines) is 1. The lowest BCUT2D eigenvalue weighted by atomic mass is 10.2. The molecule has 0 radical (unpaired) electrons. The third-order valence-corrected chi connectivity index (χ3v) is 4.72. The van der Waals surface area contributed by atoms with Crippen molar-refractivity contribution < 1.29 is 4.74 Å². The Kier molecular flexibility index (Phi) is 5.48. The van der Waals surface area contributed by atoms with Crippen LogP contribution in [0, 0.1) is 0 Å². The first-order valence-corrected chi connectivity index (χ1v) is 8.33. The number of benzene rings is 1. The van der Waals surface area contributed by atoms with Crippen molar-refractivity contribution in [3.8, 4) is 5.75 Å². The van der Waals surface area contributed by atoms with E-state index in [1.54, 1.807) is 7.11 Å². The van der Waals surface area contributed by atoms with Gasteiger partial charge >= 0.3 is 0 Å². The highest BCUT2D eigenvalue weighted by Crippen LogP contribution is 2.19. The van der Waals surface area contributed by atoms with Crippen LogP contribution in [-0.4, -0.2) is 68.8 Å². The van der Waals surface area contributed by atoms with E-state index in [2.05, 4.69) is 39.4 Å². The number of para-hydroxylation sites is 1. The molecule has 4 heteroatoms. The lowest BCUT2D eigenvalue weighted by Gasteiger charge is -2.32. The fraction of sp³-hybridized carbons (Fsp3) is 0.556. The summed E-state index contributed by atoms with van der Waals surface area (Å²) in [5.41, 5.74) is 1.16. The Morgan fingerprint density at radius 1 is 1.23 bits per heavy atom. The van der Waals surface area contributed by atoms with Gasteiger partial charge < -0.3 is 10.1 Å². The molecule has 22 heavy (non-hydrogen) atoms. The molecule has 0 spiro atoms. The lowest BCUT2D eigenvalue weighted by molar-refractivity contribution is 0.173. The maximum Gasteiger partial charge on any atom is 0.126 e. The quantitative estimate of drug-likeness (QED) is 0.896. The van der Waals surface area contributed by atoms with Crippen LogP contribution in [0.15, 0.2) is 30.3 Å². The molecule has 2 saturated heterocycles. The SMILES string of the molecule is COc1ccccc1/C=C/CN1CCC(N2CCNCC2)C1. The predicted octanol–water partition coefficient (Wildman–Crippen LogP) is 1.69. The Balaban J connectivity index is 1.49. The van der Waals surface area contributed by atoms with Gasteiger partial charge in [-0.2, -0.15) is 0 Å². The zero-order valence-corrected chi connectivity index (χ0v) is 13.5. The normalized spacial score (nSPS) is 24.1. The molecule has 2 aliphatic heterocycles. The Bertz CT molecular complexity index is 497. The van der Waals surface area contributed by atoms with E-state index in [9.17, 15) is 0 Å². The number of rotatable bonds is 5. The maximum atomic E-state index is 5.39. The molecule has 3 rings (SSSR count). The van der Waals surface area contributed by atoms with E-state index in [4.69, 9.17) is 4.74 Å². The molecule has 2 heterocycles. The summed E-state index contributed by atoms with van der Waals surface area (Å²) in [6.07, 6.45) is 5.75. The summed E-state index contributed by atoms with van der Waals surface area (Å²) in [5.74, 6) is 0.943. The molecule has 2 fully saturated rings. The van der Waals surface area contributed by atoms with Gasteiger partial charge in [0.05, 0.1) is 7.11 Å². The Hall–Kier alpha value is -1.36. The molecule has 1 aromatic carbocycles. The van der Waals surface area contributed by atoms with Crippen LogP contribution in [0.2, 0.25) is 0 Å². The van der Waals surface area contributed by atoms with Gasteiger partial charge in [0.25, 0.3) is 0 Å². The van der Waals surface area contributed by atoms with Crippen molar-refractivity contribution >= 4 is 6.08 Å². The second kappa shape index (κ2) is 7.77. The first-order valence-electron chi connectivity index (χ1n) is 8.33. The highest BCUT2D eigenvalue weighted by Gasteiger charge is 2.27. The fourth-order valence-corrected chi connectivity index (χ4v) is 3.46. The Morgan fingerprint density at radius 3 is 2.86 bits per heavy atom. The minimum Gasteiger partial charge on any atom is -0.496 e. The van der Waals surface area contributed by atoms with Gasteiger partial charge in [0.1, 0.15) is 5.75 Å². The van der Waals surface area contributed by atoms with Crippen molar-refractivity contribution in [2.75, 3.05) is 52.9 Å². The number of nitrogens with one attached hydrogen (secondary N) is 1. The van der Waals surface area contributed by atoms with Crippen LogP contribution in [-0.2, 0) is 0 Å². The molecule has 0 aromatic heterocycles. The number of piperazine rings is 1. The zero-order chi connectivity index (χ0) is 15.2. The van der Waals surface area contributed by atoms with Gasteiger partial charge in [-0.05, 0) is 12.5 Å². The summed E-state index contributed by atoms with van der Waals surface area (Å²) < 4.78 is 5.39. The Labute approximate surface area is 133 Å². The molecule has 0 saturated carbocycles.